The molecule has 0 spiro atoms. The first-order chi connectivity index (χ1) is 12.1. The van der Waals surface area contributed by atoms with Crippen LogP contribution in [0.5, 0.6) is 5.75 Å². The first-order valence-corrected chi connectivity index (χ1v) is 8.24. The zero-order valence-corrected chi connectivity index (χ0v) is 14.4. The van der Waals surface area contributed by atoms with Crippen LogP contribution >= 0.6 is 0 Å². The van der Waals surface area contributed by atoms with Crippen molar-refractivity contribution in [3.8, 4) is 16.9 Å². The molecule has 3 nitrogen and oxygen atoms in total. The molecule has 3 aromatic rings. The van der Waals surface area contributed by atoms with Crippen LogP contribution in [0.3, 0.4) is 0 Å². The lowest BCUT2D eigenvalue weighted by molar-refractivity contribution is 0.100. The van der Waals surface area contributed by atoms with Crippen LogP contribution in [0.25, 0.3) is 11.1 Å². The number of amides is 1. The summed E-state index contributed by atoms with van der Waals surface area (Å²) in [5.41, 5.74) is 10.1. The van der Waals surface area contributed by atoms with Crippen molar-refractivity contribution in [1.29, 1.82) is 0 Å². The molecule has 0 saturated heterocycles. The molecule has 0 aliphatic carbocycles. The van der Waals surface area contributed by atoms with Gasteiger partial charge in [-0.2, -0.15) is 0 Å². The topological polar surface area (TPSA) is 52.3 Å². The monoisotopic (exact) mass is 331 g/mol. The fourth-order valence-corrected chi connectivity index (χ4v) is 3.24. The molecule has 1 unspecified atom stereocenters. The van der Waals surface area contributed by atoms with E-state index in [1.807, 2.05) is 54.6 Å². The molecule has 3 aromatic carbocycles. The summed E-state index contributed by atoms with van der Waals surface area (Å²) >= 11 is 0. The number of ether oxygens (including phenoxy) is 1. The summed E-state index contributed by atoms with van der Waals surface area (Å²) < 4.78 is 5.63. The maximum absolute atomic E-state index is 12.1. The Morgan fingerprint density at radius 3 is 2.08 bits per heavy atom. The molecule has 0 aromatic heterocycles. The van der Waals surface area contributed by atoms with Crippen LogP contribution in [-0.4, -0.2) is 13.0 Å². The summed E-state index contributed by atoms with van der Waals surface area (Å²) in [4.78, 5) is 12.1. The van der Waals surface area contributed by atoms with Crippen LogP contribution in [0.2, 0.25) is 0 Å². The number of carbonyl (C=O) groups excluding carboxylic acids is 1. The molecule has 1 amide bonds. The van der Waals surface area contributed by atoms with E-state index in [4.69, 9.17) is 10.5 Å². The van der Waals surface area contributed by atoms with E-state index >= 15 is 0 Å². The molecule has 0 bridgehead atoms. The lowest BCUT2D eigenvalue weighted by atomic mass is 9.84. The molecule has 1 atom stereocenters. The minimum absolute atomic E-state index is 0.0469. The smallest absolute Gasteiger partial charge is 0.249 e. The Labute approximate surface area is 148 Å². The second-order valence-electron chi connectivity index (χ2n) is 5.97. The number of hydrogen-bond acceptors (Lipinski definition) is 2. The van der Waals surface area contributed by atoms with E-state index in [0.29, 0.717) is 5.56 Å². The number of benzene rings is 3. The van der Waals surface area contributed by atoms with E-state index in [1.165, 1.54) is 0 Å². The van der Waals surface area contributed by atoms with Crippen molar-refractivity contribution in [3.05, 3.63) is 89.5 Å². The Kier molecular flexibility index (Phi) is 4.85. The van der Waals surface area contributed by atoms with Crippen molar-refractivity contribution in [2.45, 2.75) is 12.8 Å². The SMILES string of the molecule is COc1ccc(C(N)=O)c(-c2ccccc2)c1C(C)c1ccccc1. The molecule has 25 heavy (non-hydrogen) atoms. The van der Waals surface area contributed by atoms with E-state index in [0.717, 1.165) is 28.0 Å². The van der Waals surface area contributed by atoms with Crippen molar-refractivity contribution in [3.63, 3.8) is 0 Å². The first kappa shape index (κ1) is 16.8. The van der Waals surface area contributed by atoms with Crippen LogP contribution < -0.4 is 10.5 Å². The van der Waals surface area contributed by atoms with E-state index in [2.05, 4.69) is 19.1 Å². The van der Waals surface area contributed by atoms with E-state index in [1.54, 1.807) is 13.2 Å². The van der Waals surface area contributed by atoms with Gasteiger partial charge in [0.1, 0.15) is 5.75 Å². The highest BCUT2D eigenvalue weighted by Crippen LogP contribution is 2.41. The van der Waals surface area contributed by atoms with Gasteiger partial charge in [0.05, 0.1) is 7.11 Å². The molecule has 3 rings (SSSR count). The van der Waals surface area contributed by atoms with E-state index in [-0.39, 0.29) is 5.92 Å². The Morgan fingerprint density at radius 1 is 0.920 bits per heavy atom. The predicted molar refractivity (Wildman–Crippen MR) is 101 cm³/mol. The van der Waals surface area contributed by atoms with Gasteiger partial charge in [0.15, 0.2) is 0 Å². The third kappa shape index (κ3) is 3.26. The van der Waals surface area contributed by atoms with Crippen LogP contribution in [0.15, 0.2) is 72.8 Å². The molecular weight excluding hydrogens is 310 g/mol. The van der Waals surface area contributed by atoms with Crippen molar-refractivity contribution in [1.82, 2.24) is 0 Å². The molecule has 0 fully saturated rings. The van der Waals surface area contributed by atoms with Gasteiger partial charge in [0.25, 0.3) is 0 Å². The zero-order chi connectivity index (χ0) is 17.8. The zero-order valence-electron chi connectivity index (χ0n) is 14.4. The Morgan fingerprint density at radius 2 is 1.52 bits per heavy atom. The number of methoxy groups -OCH3 is 1. The highest BCUT2D eigenvalue weighted by atomic mass is 16.5. The molecule has 0 aliphatic rings. The van der Waals surface area contributed by atoms with E-state index < -0.39 is 5.91 Å². The molecule has 0 aliphatic heterocycles. The quantitative estimate of drug-likeness (QED) is 0.742. The highest BCUT2D eigenvalue weighted by Gasteiger charge is 2.23. The van der Waals surface area contributed by atoms with Gasteiger partial charge in [-0.15, -0.1) is 0 Å². The average Bonchev–Trinajstić information content (AvgIpc) is 2.67. The summed E-state index contributed by atoms with van der Waals surface area (Å²) in [7, 11) is 1.65. The highest BCUT2D eigenvalue weighted by molar-refractivity contribution is 6.01. The average molecular weight is 331 g/mol. The minimum atomic E-state index is -0.442. The van der Waals surface area contributed by atoms with Gasteiger partial charge in [0, 0.05) is 22.6 Å². The van der Waals surface area contributed by atoms with Crippen molar-refractivity contribution >= 4 is 5.91 Å². The Balaban J connectivity index is 2.32. The standard InChI is InChI=1S/C22H21NO2/c1-15(16-9-5-3-6-10-16)20-19(25-2)14-13-18(22(23)24)21(20)17-11-7-4-8-12-17/h3-15H,1-2H3,(H2,23,24). The van der Waals surface area contributed by atoms with Crippen LogP contribution in [0.4, 0.5) is 0 Å². The largest absolute Gasteiger partial charge is 0.496 e. The second-order valence-corrected chi connectivity index (χ2v) is 5.97. The number of rotatable bonds is 5. The van der Waals surface area contributed by atoms with Crippen LogP contribution in [0.1, 0.15) is 34.3 Å². The fraction of sp³-hybridized carbons (Fsp3) is 0.136. The Bertz CT molecular complexity index is 873. The first-order valence-electron chi connectivity index (χ1n) is 8.24. The van der Waals surface area contributed by atoms with Gasteiger partial charge < -0.3 is 10.5 Å². The molecule has 3 heteroatoms. The lowest BCUT2D eigenvalue weighted by Gasteiger charge is -2.22. The summed E-state index contributed by atoms with van der Waals surface area (Å²) in [5.74, 6) is 0.355. The number of hydrogen-bond donors (Lipinski definition) is 1. The summed E-state index contributed by atoms with van der Waals surface area (Å²) in [6.45, 7) is 2.12. The van der Waals surface area contributed by atoms with Gasteiger partial charge in [-0.1, -0.05) is 67.6 Å². The van der Waals surface area contributed by atoms with Gasteiger partial charge in [-0.05, 0) is 23.3 Å². The van der Waals surface area contributed by atoms with Crippen molar-refractivity contribution in [2.24, 2.45) is 5.73 Å². The lowest BCUT2D eigenvalue weighted by Crippen LogP contribution is -2.15. The van der Waals surface area contributed by atoms with Crippen molar-refractivity contribution < 1.29 is 9.53 Å². The minimum Gasteiger partial charge on any atom is -0.496 e. The Hall–Kier alpha value is -3.07. The van der Waals surface area contributed by atoms with Crippen LogP contribution in [-0.2, 0) is 0 Å². The predicted octanol–water partition coefficient (Wildman–Crippen LogP) is 4.61. The van der Waals surface area contributed by atoms with Crippen molar-refractivity contribution in [2.75, 3.05) is 7.11 Å². The molecule has 126 valence electrons. The molecule has 0 heterocycles. The maximum Gasteiger partial charge on any atom is 0.249 e. The van der Waals surface area contributed by atoms with Gasteiger partial charge in [-0.25, -0.2) is 0 Å². The van der Waals surface area contributed by atoms with Gasteiger partial charge in [-0.3, -0.25) is 4.79 Å². The number of carbonyl (C=O) groups is 1. The van der Waals surface area contributed by atoms with Crippen LogP contribution in [0, 0.1) is 0 Å². The summed E-state index contributed by atoms with van der Waals surface area (Å²) in [5, 5.41) is 0. The summed E-state index contributed by atoms with van der Waals surface area (Å²) in [6, 6.07) is 23.6. The summed E-state index contributed by atoms with van der Waals surface area (Å²) in [6.07, 6.45) is 0. The fourth-order valence-electron chi connectivity index (χ4n) is 3.24. The third-order valence-electron chi connectivity index (χ3n) is 4.49. The molecule has 0 saturated carbocycles. The normalized spacial score (nSPS) is 11.8. The number of nitrogens with two attached hydrogens (primary N) is 1. The molecule has 0 radical (unpaired) electrons. The maximum atomic E-state index is 12.1. The second kappa shape index (κ2) is 7.22. The van der Waals surface area contributed by atoms with Gasteiger partial charge in [0.2, 0.25) is 5.91 Å². The molecule has 2 N–H and O–H groups in total. The number of primary amides is 1. The van der Waals surface area contributed by atoms with Gasteiger partial charge >= 0.3 is 0 Å². The molecular formula is C22H21NO2. The van der Waals surface area contributed by atoms with E-state index in [9.17, 15) is 4.79 Å². The third-order valence-corrected chi connectivity index (χ3v) is 4.49.